The summed E-state index contributed by atoms with van der Waals surface area (Å²) in [4.78, 5) is 43.4. The van der Waals surface area contributed by atoms with Gasteiger partial charge in [-0.3, -0.25) is 14.4 Å². The zero-order valence-electron chi connectivity index (χ0n) is 15.2. The van der Waals surface area contributed by atoms with Crippen LogP contribution in [-0.4, -0.2) is 39.4 Å². The Labute approximate surface area is 151 Å². The van der Waals surface area contributed by atoms with Crippen LogP contribution in [0.25, 0.3) is 0 Å². The quantitative estimate of drug-likeness (QED) is 0.905. The van der Waals surface area contributed by atoms with Crippen molar-refractivity contribution in [2.24, 2.45) is 13.0 Å². The van der Waals surface area contributed by atoms with E-state index >= 15 is 0 Å². The van der Waals surface area contributed by atoms with Crippen LogP contribution >= 0.6 is 0 Å². The van der Waals surface area contributed by atoms with Crippen molar-refractivity contribution in [3.63, 3.8) is 0 Å². The highest BCUT2D eigenvalue weighted by Crippen LogP contribution is 2.20. The van der Waals surface area contributed by atoms with Gasteiger partial charge < -0.3 is 14.8 Å². The molecule has 136 valence electrons. The van der Waals surface area contributed by atoms with E-state index in [1.54, 1.807) is 43.3 Å². The number of pyridine rings is 2. The number of nitrogens with one attached hydrogen (secondary N) is 1. The molecule has 0 aromatic carbocycles. The molecule has 3 rings (SSSR count). The number of hydrogen-bond acceptors (Lipinski definition) is 4. The van der Waals surface area contributed by atoms with Crippen LogP contribution < -0.4 is 10.9 Å². The van der Waals surface area contributed by atoms with Gasteiger partial charge in [-0.05, 0) is 44.0 Å². The number of likely N-dealkylation sites (tertiary alicyclic amines) is 1. The van der Waals surface area contributed by atoms with Crippen molar-refractivity contribution < 1.29 is 9.59 Å². The van der Waals surface area contributed by atoms with Gasteiger partial charge in [0.05, 0.1) is 5.92 Å². The lowest BCUT2D eigenvalue weighted by Crippen LogP contribution is -2.37. The molecule has 1 unspecified atom stereocenters. The summed E-state index contributed by atoms with van der Waals surface area (Å²) in [6.07, 6.45) is 2.17. The summed E-state index contributed by atoms with van der Waals surface area (Å²) in [5.74, 6) is -0.287. The van der Waals surface area contributed by atoms with E-state index in [0.717, 1.165) is 5.69 Å². The molecule has 0 aliphatic carbocycles. The molecule has 1 N–H and O–H groups in total. The van der Waals surface area contributed by atoms with Gasteiger partial charge in [0.2, 0.25) is 5.91 Å². The van der Waals surface area contributed by atoms with E-state index in [0.29, 0.717) is 30.9 Å². The average Bonchev–Trinajstić information content (AvgIpc) is 3.11. The van der Waals surface area contributed by atoms with E-state index in [2.05, 4.69) is 10.3 Å². The second-order valence-electron chi connectivity index (χ2n) is 6.65. The first-order valence-electron chi connectivity index (χ1n) is 8.57. The molecule has 1 aliphatic rings. The first-order chi connectivity index (χ1) is 12.4. The van der Waals surface area contributed by atoms with E-state index < -0.39 is 0 Å². The van der Waals surface area contributed by atoms with E-state index in [9.17, 15) is 14.4 Å². The topological polar surface area (TPSA) is 84.3 Å². The van der Waals surface area contributed by atoms with Gasteiger partial charge >= 0.3 is 0 Å². The minimum absolute atomic E-state index is 0.160. The SMILES string of the molecule is Cc1cc(C)n(C)c(=O)c1C(=O)N1CCC(C(=O)Nc2ccccn2)C1. The van der Waals surface area contributed by atoms with Crippen LogP contribution in [0, 0.1) is 19.8 Å². The molecule has 0 radical (unpaired) electrons. The Hall–Kier alpha value is -2.96. The monoisotopic (exact) mass is 354 g/mol. The smallest absolute Gasteiger partial charge is 0.263 e. The molecule has 2 aromatic rings. The molecule has 1 atom stereocenters. The molecule has 1 fully saturated rings. The van der Waals surface area contributed by atoms with Crippen LogP contribution in [0.5, 0.6) is 0 Å². The Morgan fingerprint density at radius 2 is 2.04 bits per heavy atom. The molecule has 1 aliphatic heterocycles. The fourth-order valence-corrected chi connectivity index (χ4v) is 3.22. The number of carbonyl (C=O) groups excluding carboxylic acids is 2. The van der Waals surface area contributed by atoms with Gasteiger partial charge in [0.1, 0.15) is 11.4 Å². The summed E-state index contributed by atoms with van der Waals surface area (Å²) < 4.78 is 1.47. The van der Waals surface area contributed by atoms with Crippen molar-refractivity contribution in [3.05, 3.63) is 57.6 Å². The number of carbonyl (C=O) groups is 2. The first-order valence-corrected chi connectivity index (χ1v) is 8.57. The number of rotatable bonds is 3. The average molecular weight is 354 g/mol. The maximum absolute atomic E-state index is 12.8. The van der Waals surface area contributed by atoms with Crippen LogP contribution in [0.15, 0.2) is 35.3 Å². The summed E-state index contributed by atoms with van der Waals surface area (Å²) >= 11 is 0. The van der Waals surface area contributed by atoms with Crippen molar-refractivity contribution in [1.82, 2.24) is 14.5 Å². The van der Waals surface area contributed by atoms with Crippen LogP contribution in [0.4, 0.5) is 5.82 Å². The van der Waals surface area contributed by atoms with Crippen molar-refractivity contribution in [2.75, 3.05) is 18.4 Å². The lowest BCUT2D eigenvalue weighted by atomic mass is 10.1. The van der Waals surface area contributed by atoms with E-state index in [-0.39, 0.29) is 28.9 Å². The number of nitrogens with zero attached hydrogens (tertiary/aromatic N) is 3. The Balaban J connectivity index is 1.73. The summed E-state index contributed by atoms with van der Waals surface area (Å²) in [7, 11) is 1.65. The number of aryl methyl sites for hydroxylation is 2. The number of amides is 2. The van der Waals surface area contributed by atoms with Crippen molar-refractivity contribution in [2.45, 2.75) is 20.3 Å². The maximum atomic E-state index is 12.8. The van der Waals surface area contributed by atoms with Gasteiger partial charge in [-0.25, -0.2) is 4.98 Å². The summed E-state index contributed by atoms with van der Waals surface area (Å²) in [6.45, 7) is 4.35. The highest BCUT2D eigenvalue weighted by atomic mass is 16.2. The third-order valence-corrected chi connectivity index (χ3v) is 4.84. The standard InChI is InChI=1S/C19H22N4O3/c1-12-10-13(2)22(3)18(25)16(12)19(26)23-9-7-14(11-23)17(24)21-15-6-4-5-8-20-15/h4-6,8,10,14H,7,9,11H2,1-3H3,(H,20,21,24). The predicted molar refractivity (Wildman–Crippen MR) is 98.0 cm³/mol. The zero-order valence-corrected chi connectivity index (χ0v) is 15.2. The van der Waals surface area contributed by atoms with Crippen molar-refractivity contribution in [1.29, 1.82) is 0 Å². The van der Waals surface area contributed by atoms with E-state index in [1.807, 2.05) is 13.0 Å². The fourth-order valence-electron chi connectivity index (χ4n) is 3.22. The molecule has 7 nitrogen and oxygen atoms in total. The molecule has 7 heteroatoms. The minimum atomic E-state index is -0.310. The largest absolute Gasteiger partial charge is 0.338 e. The van der Waals surface area contributed by atoms with Gasteiger partial charge in [-0.15, -0.1) is 0 Å². The first kappa shape index (κ1) is 17.8. The van der Waals surface area contributed by atoms with Gasteiger partial charge in [0, 0.05) is 32.0 Å². The van der Waals surface area contributed by atoms with E-state index in [1.165, 1.54) is 4.57 Å². The second-order valence-corrected chi connectivity index (χ2v) is 6.65. The van der Waals surface area contributed by atoms with Gasteiger partial charge in [0.25, 0.3) is 11.5 Å². The highest BCUT2D eigenvalue weighted by molar-refractivity contribution is 5.97. The van der Waals surface area contributed by atoms with Crippen molar-refractivity contribution in [3.8, 4) is 0 Å². The summed E-state index contributed by atoms with van der Waals surface area (Å²) in [5.41, 5.74) is 1.35. The minimum Gasteiger partial charge on any atom is -0.338 e. The molecule has 0 bridgehead atoms. The Bertz CT molecular complexity index is 905. The van der Waals surface area contributed by atoms with Gasteiger partial charge in [-0.1, -0.05) is 6.07 Å². The zero-order chi connectivity index (χ0) is 18.8. The Kier molecular flexibility index (Phi) is 4.88. The van der Waals surface area contributed by atoms with Gasteiger partial charge in [0.15, 0.2) is 0 Å². The van der Waals surface area contributed by atoms with E-state index in [4.69, 9.17) is 0 Å². The second kappa shape index (κ2) is 7.11. The van der Waals surface area contributed by atoms with Crippen LogP contribution in [-0.2, 0) is 11.8 Å². The molecule has 0 spiro atoms. The summed E-state index contributed by atoms with van der Waals surface area (Å²) in [6, 6.07) is 7.12. The number of aromatic nitrogens is 2. The molecule has 2 aromatic heterocycles. The van der Waals surface area contributed by atoms with Crippen LogP contribution in [0.2, 0.25) is 0 Å². The molecule has 1 saturated heterocycles. The van der Waals surface area contributed by atoms with Crippen LogP contribution in [0.3, 0.4) is 0 Å². The van der Waals surface area contributed by atoms with Crippen LogP contribution in [0.1, 0.15) is 28.0 Å². The maximum Gasteiger partial charge on any atom is 0.263 e. The number of anilines is 1. The lowest BCUT2D eigenvalue weighted by molar-refractivity contribution is -0.119. The molecular weight excluding hydrogens is 332 g/mol. The molecule has 26 heavy (non-hydrogen) atoms. The molecule has 0 saturated carbocycles. The highest BCUT2D eigenvalue weighted by Gasteiger charge is 2.33. The molecule has 2 amide bonds. The Morgan fingerprint density at radius 3 is 2.73 bits per heavy atom. The molecule has 3 heterocycles. The predicted octanol–water partition coefficient (Wildman–Crippen LogP) is 1.50. The normalized spacial score (nSPS) is 16.6. The molecular formula is C19H22N4O3. The van der Waals surface area contributed by atoms with Crippen molar-refractivity contribution >= 4 is 17.6 Å². The third-order valence-electron chi connectivity index (χ3n) is 4.84. The third kappa shape index (κ3) is 3.37. The number of hydrogen-bond donors (Lipinski definition) is 1. The fraction of sp³-hybridized carbons (Fsp3) is 0.368. The lowest BCUT2D eigenvalue weighted by Gasteiger charge is -2.18. The van der Waals surface area contributed by atoms with Gasteiger partial charge in [-0.2, -0.15) is 0 Å². The summed E-state index contributed by atoms with van der Waals surface area (Å²) in [5, 5.41) is 2.77. The Morgan fingerprint density at radius 1 is 1.27 bits per heavy atom.